The third-order valence-corrected chi connectivity index (χ3v) is 5.39. The van der Waals surface area contributed by atoms with Gasteiger partial charge < -0.3 is 19.3 Å². The van der Waals surface area contributed by atoms with Crippen LogP contribution >= 0.6 is 15.9 Å². The monoisotopic (exact) mass is 461 g/mol. The number of hydrogen-bond acceptors (Lipinski definition) is 6. The molecule has 2 aromatic carbocycles. The third kappa shape index (κ3) is 4.79. The second-order valence-corrected chi connectivity index (χ2v) is 7.76. The van der Waals surface area contributed by atoms with Crippen molar-refractivity contribution in [2.45, 2.75) is 31.4 Å². The molecule has 0 fully saturated rings. The SMILES string of the molecule is COC(=O)[C@]1(Cc2ccc(Br)cc2)N=C(c2ccc(OCCCO)cc2)O[C@@H]1C. The zero-order valence-corrected chi connectivity index (χ0v) is 18.0. The lowest BCUT2D eigenvalue weighted by molar-refractivity contribution is -0.149. The Morgan fingerprint density at radius 2 is 1.90 bits per heavy atom. The summed E-state index contributed by atoms with van der Waals surface area (Å²) < 4.78 is 17.6. The maximum absolute atomic E-state index is 12.7. The van der Waals surface area contributed by atoms with Crippen molar-refractivity contribution in [1.82, 2.24) is 0 Å². The van der Waals surface area contributed by atoms with Crippen molar-refractivity contribution in [1.29, 1.82) is 0 Å². The molecule has 154 valence electrons. The Morgan fingerprint density at radius 1 is 1.21 bits per heavy atom. The third-order valence-electron chi connectivity index (χ3n) is 4.86. The summed E-state index contributed by atoms with van der Waals surface area (Å²) >= 11 is 3.43. The van der Waals surface area contributed by atoms with Crippen molar-refractivity contribution >= 4 is 27.8 Å². The normalized spacial score (nSPS) is 20.7. The van der Waals surface area contributed by atoms with E-state index in [1.165, 1.54) is 7.11 Å². The van der Waals surface area contributed by atoms with E-state index in [1.807, 2.05) is 55.5 Å². The van der Waals surface area contributed by atoms with Gasteiger partial charge in [0.25, 0.3) is 0 Å². The lowest BCUT2D eigenvalue weighted by atomic mass is 9.87. The van der Waals surface area contributed by atoms with Gasteiger partial charge in [-0.1, -0.05) is 28.1 Å². The molecular weight excluding hydrogens is 438 g/mol. The lowest BCUT2D eigenvalue weighted by Gasteiger charge is -2.26. The molecule has 1 N–H and O–H groups in total. The van der Waals surface area contributed by atoms with Crippen LogP contribution in [-0.2, 0) is 20.7 Å². The van der Waals surface area contributed by atoms with Crippen LogP contribution in [0.15, 0.2) is 58.0 Å². The van der Waals surface area contributed by atoms with E-state index in [0.29, 0.717) is 31.1 Å². The number of aliphatic hydroxyl groups excluding tert-OH is 1. The number of halogens is 1. The topological polar surface area (TPSA) is 77.4 Å². The number of hydrogen-bond donors (Lipinski definition) is 1. The minimum Gasteiger partial charge on any atom is -0.494 e. The van der Waals surface area contributed by atoms with Crippen LogP contribution in [0.3, 0.4) is 0 Å². The maximum Gasteiger partial charge on any atom is 0.338 e. The molecule has 0 bridgehead atoms. The van der Waals surface area contributed by atoms with Crippen LogP contribution < -0.4 is 4.74 Å². The van der Waals surface area contributed by atoms with E-state index in [1.54, 1.807) is 0 Å². The zero-order chi connectivity index (χ0) is 20.9. The van der Waals surface area contributed by atoms with Gasteiger partial charge in [0.15, 0.2) is 0 Å². The van der Waals surface area contributed by atoms with E-state index in [4.69, 9.17) is 24.3 Å². The molecule has 6 nitrogen and oxygen atoms in total. The number of ether oxygens (including phenoxy) is 3. The summed E-state index contributed by atoms with van der Waals surface area (Å²) in [5.74, 6) is 0.678. The predicted molar refractivity (Wildman–Crippen MR) is 113 cm³/mol. The van der Waals surface area contributed by atoms with Gasteiger partial charge in [0, 0.05) is 29.5 Å². The standard InChI is InChI=1S/C22H24BrNO5/c1-15-22(21(26)27-2,14-16-4-8-18(23)9-5-16)24-20(29-15)17-6-10-19(11-7-17)28-13-3-12-25/h4-11,15,25H,3,12-14H2,1-2H3/t15-,22-/m1/s1. The molecule has 1 aliphatic heterocycles. The van der Waals surface area contributed by atoms with Gasteiger partial charge in [-0.3, -0.25) is 0 Å². The summed E-state index contributed by atoms with van der Waals surface area (Å²) in [6.45, 7) is 2.37. The highest BCUT2D eigenvalue weighted by molar-refractivity contribution is 9.10. The molecule has 7 heteroatoms. The molecule has 1 heterocycles. The van der Waals surface area contributed by atoms with Crippen LogP contribution in [0.25, 0.3) is 0 Å². The molecule has 29 heavy (non-hydrogen) atoms. The van der Waals surface area contributed by atoms with Gasteiger partial charge in [-0.25, -0.2) is 9.79 Å². The second kappa shape index (κ2) is 9.41. The fourth-order valence-electron chi connectivity index (χ4n) is 3.20. The lowest BCUT2D eigenvalue weighted by Crippen LogP contribution is -2.47. The van der Waals surface area contributed by atoms with Gasteiger partial charge >= 0.3 is 5.97 Å². The molecule has 2 atom stereocenters. The van der Waals surface area contributed by atoms with Crippen molar-refractivity contribution < 1.29 is 24.1 Å². The smallest absolute Gasteiger partial charge is 0.338 e. The molecule has 0 saturated heterocycles. The highest BCUT2D eigenvalue weighted by Gasteiger charge is 2.51. The Bertz CT molecular complexity index is 866. The first kappa shape index (κ1) is 21.3. The van der Waals surface area contributed by atoms with E-state index >= 15 is 0 Å². The van der Waals surface area contributed by atoms with E-state index < -0.39 is 17.6 Å². The Hall–Kier alpha value is -2.38. The number of aliphatic imine (C=N–C) groups is 1. The van der Waals surface area contributed by atoms with Crippen LogP contribution in [0.1, 0.15) is 24.5 Å². The van der Waals surface area contributed by atoms with Gasteiger partial charge in [-0.05, 0) is 48.9 Å². The Morgan fingerprint density at radius 3 is 2.52 bits per heavy atom. The molecule has 0 spiro atoms. The number of rotatable bonds is 8. The van der Waals surface area contributed by atoms with Gasteiger partial charge in [-0.15, -0.1) is 0 Å². The van der Waals surface area contributed by atoms with Gasteiger partial charge in [0.05, 0.1) is 13.7 Å². The molecule has 0 radical (unpaired) electrons. The van der Waals surface area contributed by atoms with Crippen LogP contribution in [0, 0.1) is 0 Å². The van der Waals surface area contributed by atoms with E-state index in [0.717, 1.165) is 15.6 Å². The molecule has 0 saturated carbocycles. The van der Waals surface area contributed by atoms with E-state index in [2.05, 4.69) is 15.9 Å². The molecule has 1 aliphatic rings. The summed E-state index contributed by atoms with van der Waals surface area (Å²) in [5, 5.41) is 8.84. The molecule has 0 aromatic heterocycles. The van der Waals surface area contributed by atoms with E-state index in [-0.39, 0.29) is 6.61 Å². The number of benzene rings is 2. The van der Waals surface area contributed by atoms with Gasteiger partial charge in [0.2, 0.25) is 11.4 Å². The zero-order valence-electron chi connectivity index (χ0n) is 16.4. The average Bonchev–Trinajstić information content (AvgIpc) is 3.07. The van der Waals surface area contributed by atoms with Crippen LogP contribution in [0.4, 0.5) is 0 Å². The Balaban J connectivity index is 1.86. The molecule has 0 aliphatic carbocycles. The molecule has 0 amide bonds. The first-order valence-electron chi connectivity index (χ1n) is 9.42. The fraction of sp³-hybridized carbons (Fsp3) is 0.364. The van der Waals surface area contributed by atoms with Crippen molar-refractivity contribution in [3.05, 3.63) is 64.1 Å². The quantitative estimate of drug-likeness (QED) is 0.480. The number of carbonyl (C=O) groups excluding carboxylic acids is 1. The molecule has 2 aromatic rings. The molecule has 3 rings (SSSR count). The predicted octanol–water partition coefficient (Wildman–Crippen LogP) is 3.53. The summed E-state index contributed by atoms with van der Waals surface area (Å²) in [6.07, 6.45) is 0.473. The highest BCUT2D eigenvalue weighted by Crippen LogP contribution is 2.33. The summed E-state index contributed by atoms with van der Waals surface area (Å²) in [6, 6.07) is 15.1. The van der Waals surface area contributed by atoms with Crippen LogP contribution in [0.2, 0.25) is 0 Å². The van der Waals surface area contributed by atoms with Gasteiger partial charge in [0.1, 0.15) is 11.9 Å². The minimum absolute atomic E-state index is 0.0919. The Labute approximate surface area is 178 Å². The molecular formula is C22H24BrNO5. The Kier molecular flexibility index (Phi) is 6.92. The fourth-order valence-corrected chi connectivity index (χ4v) is 3.47. The van der Waals surface area contributed by atoms with Crippen LogP contribution in [-0.4, -0.2) is 48.9 Å². The summed E-state index contributed by atoms with van der Waals surface area (Å²) in [4.78, 5) is 17.4. The van der Waals surface area contributed by atoms with Crippen molar-refractivity contribution in [2.75, 3.05) is 20.3 Å². The minimum atomic E-state index is -1.14. The van der Waals surface area contributed by atoms with Crippen molar-refractivity contribution in [2.24, 2.45) is 4.99 Å². The number of esters is 1. The van der Waals surface area contributed by atoms with Crippen LogP contribution in [0.5, 0.6) is 5.75 Å². The van der Waals surface area contributed by atoms with E-state index in [9.17, 15) is 4.79 Å². The van der Waals surface area contributed by atoms with Gasteiger partial charge in [-0.2, -0.15) is 0 Å². The number of aliphatic hydroxyl groups is 1. The highest BCUT2D eigenvalue weighted by atomic mass is 79.9. The summed E-state index contributed by atoms with van der Waals surface area (Å²) in [7, 11) is 1.37. The van der Waals surface area contributed by atoms with Crippen molar-refractivity contribution in [3.63, 3.8) is 0 Å². The first-order valence-corrected chi connectivity index (χ1v) is 10.2. The largest absolute Gasteiger partial charge is 0.494 e. The number of carbonyl (C=O) groups is 1. The molecule has 0 unspecified atom stereocenters. The first-order chi connectivity index (χ1) is 14.0. The number of methoxy groups -OCH3 is 1. The second-order valence-electron chi connectivity index (χ2n) is 6.85. The average molecular weight is 462 g/mol. The summed E-state index contributed by atoms with van der Waals surface area (Å²) in [5.41, 5.74) is 0.577. The number of nitrogens with zero attached hydrogens (tertiary/aromatic N) is 1. The van der Waals surface area contributed by atoms with Crippen molar-refractivity contribution in [3.8, 4) is 5.75 Å². The maximum atomic E-state index is 12.7.